The van der Waals surface area contributed by atoms with Crippen LogP contribution < -0.4 is 4.74 Å². The SMILES string of the molecule is COc1ccc(C(C)CN2CCCC(N(C)CC(=O)O)CC2)cc1. The lowest BCUT2D eigenvalue weighted by atomic mass is 10.0. The van der Waals surface area contributed by atoms with Crippen LogP contribution >= 0.6 is 0 Å². The number of nitrogens with zero attached hydrogens (tertiary/aromatic N) is 2. The van der Waals surface area contributed by atoms with Crippen molar-refractivity contribution in [3.63, 3.8) is 0 Å². The van der Waals surface area contributed by atoms with Crippen LogP contribution in [-0.4, -0.2) is 67.3 Å². The smallest absolute Gasteiger partial charge is 0.317 e. The number of carbonyl (C=O) groups is 1. The number of ether oxygens (including phenoxy) is 1. The lowest BCUT2D eigenvalue weighted by Crippen LogP contribution is -2.37. The summed E-state index contributed by atoms with van der Waals surface area (Å²) in [5.74, 6) is 0.626. The minimum Gasteiger partial charge on any atom is -0.497 e. The van der Waals surface area contributed by atoms with E-state index in [4.69, 9.17) is 9.84 Å². The molecule has 2 unspecified atom stereocenters. The van der Waals surface area contributed by atoms with Gasteiger partial charge in [-0.1, -0.05) is 19.1 Å². The molecule has 1 fully saturated rings. The lowest BCUT2D eigenvalue weighted by molar-refractivity contribution is -0.138. The zero-order valence-electron chi connectivity index (χ0n) is 15.1. The summed E-state index contributed by atoms with van der Waals surface area (Å²) in [6.45, 7) is 5.57. The molecule has 0 radical (unpaired) electrons. The van der Waals surface area contributed by atoms with Crippen molar-refractivity contribution in [2.75, 3.05) is 40.3 Å². The molecule has 24 heavy (non-hydrogen) atoms. The van der Waals surface area contributed by atoms with Crippen LogP contribution in [0, 0.1) is 0 Å². The van der Waals surface area contributed by atoms with Crippen LogP contribution in [0.5, 0.6) is 5.75 Å². The summed E-state index contributed by atoms with van der Waals surface area (Å²) in [4.78, 5) is 15.4. The maximum Gasteiger partial charge on any atom is 0.317 e. The van der Waals surface area contributed by atoms with Gasteiger partial charge in [0.25, 0.3) is 0 Å². The van der Waals surface area contributed by atoms with E-state index in [9.17, 15) is 4.79 Å². The Morgan fingerprint density at radius 2 is 2.04 bits per heavy atom. The molecule has 1 aromatic carbocycles. The molecule has 5 nitrogen and oxygen atoms in total. The molecule has 0 saturated carbocycles. The third kappa shape index (κ3) is 5.49. The fourth-order valence-corrected chi connectivity index (χ4v) is 3.53. The van der Waals surface area contributed by atoms with Gasteiger partial charge in [0, 0.05) is 12.6 Å². The van der Waals surface area contributed by atoms with Crippen molar-refractivity contribution in [3.8, 4) is 5.75 Å². The van der Waals surface area contributed by atoms with Crippen molar-refractivity contribution in [2.45, 2.75) is 38.1 Å². The van der Waals surface area contributed by atoms with E-state index in [0.717, 1.165) is 44.6 Å². The topological polar surface area (TPSA) is 53.0 Å². The van der Waals surface area contributed by atoms with Crippen molar-refractivity contribution in [1.29, 1.82) is 0 Å². The Hall–Kier alpha value is -1.59. The normalized spacial score (nSPS) is 20.6. The lowest BCUT2D eigenvalue weighted by Gasteiger charge is -2.26. The standard InChI is InChI=1S/C19H30N2O3/c1-15(16-6-8-18(24-3)9-7-16)13-21-11-4-5-17(10-12-21)20(2)14-19(22)23/h6-9,15,17H,4-5,10-14H2,1-3H3,(H,22,23). The highest BCUT2D eigenvalue weighted by Gasteiger charge is 2.22. The number of methoxy groups -OCH3 is 1. The molecule has 1 saturated heterocycles. The molecule has 1 N–H and O–H groups in total. The predicted octanol–water partition coefficient (Wildman–Crippen LogP) is 2.67. The van der Waals surface area contributed by atoms with Gasteiger partial charge in [0.15, 0.2) is 0 Å². The second kappa shape index (κ2) is 9.04. The highest BCUT2D eigenvalue weighted by Crippen LogP contribution is 2.22. The van der Waals surface area contributed by atoms with E-state index in [0.29, 0.717) is 12.0 Å². The number of benzene rings is 1. The number of likely N-dealkylation sites (tertiary alicyclic amines) is 1. The Kier molecular flexibility index (Phi) is 7.06. The number of aliphatic carboxylic acids is 1. The molecule has 2 atom stereocenters. The number of likely N-dealkylation sites (N-methyl/N-ethyl adjacent to an activating group) is 1. The number of hydrogen-bond donors (Lipinski definition) is 1. The summed E-state index contributed by atoms with van der Waals surface area (Å²) in [5, 5.41) is 8.96. The molecule has 0 bridgehead atoms. The summed E-state index contributed by atoms with van der Waals surface area (Å²) in [5.41, 5.74) is 1.33. The Labute approximate surface area is 145 Å². The zero-order valence-corrected chi connectivity index (χ0v) is 15.1. The fraction of sp³-hybridized carbons (Fsp3) is 0.632. The largest absolute Gasteiger partial charge is 0.497 e. The summed E-state index contributed by atoms with van der Waals surface area (Å²) in [7, 11) is 3.61. The van der Waals surface area contributed by atoms with Gasteiger partial charge in [-0.2, -0.15) is 0 Å². The van der Waals surface area contributed by atoms with E-state index in [1.807, 2.05) is 24.1 Å². The van der Waals surface area contributed by atoms with Gasteiger partial charge in [-0.05, 0) is 63.0 Å². The first-order valence-corrected chi connectivity index (χ1v) is 8.78. The number of carboxylic acids is 1. The van der Waals surface area contributed by atoms with E-state index in [-0.39, 0.29) is 6.54 Å². The van der Waals surface area contributed by atoms with E-state index in [1.165, 1.54) is 5.56 Å². The van der Waals surface area contributed by atoms with Gasteiger partial charge >= 0.3 is 5.97 Å². The molecule has 5 heteroatoms. The third-order valence-corrected chi connectivity index (χ3v) is 5.02. The second-order valence-electron chi connectivity index (χ2n) is 6.87. The Morgan fingerprint density at radius 1 is 1.33 bits per heavy atom. The van der Waals surface area contributed by atoms with Crippen LogP contribution in [0.1, 0.15) is 37.7 Å². The van der Waals surface area contributed by atoms with Crippen LogP contribution in [0.25, 0.3) is 0 Å². The number of rotatable bonds is 7. The average Bonchev–Trinajstić information content (AvgIpc) is 2.80. The van der Waals surface area contributed by atoms with E-state index >= 15 is 0 Å². The molecule has 1 aliphatic rings. The van der Waals surface area contributed by atoms with Crippen LogP contribution in [0.15, 0.2) is 24.3 Å². The van der Waals surface area contributed by atoms with Gasteiger partial charge in [-0.15, -0.1) is 0 Å². The molecule has 134 valence electrons. The molecule has 1 aliphatic heterocycles. The van der Waals surface area contributed by atoms with E-state index < -0.39 is 5.97 Å². The summed E-state index contributed by atoms with van der Waals surface area (Å²) < 4.78 is 5.22. The third-order valence-electron chi connectivity index (χ3n) is 5.02. The Balaban J connectivity index is 1.85. The van der Waals surface area contributed by atoms with Gasteiger partial charge in [-0.25, -0.2) is 0 Å². The quantitative estimate of drug-likeness (QED) is 0.831. The molecule has 0 aliphatic carbocycles. The summed E-state index contributed by atoms with van der Waals surface area (Å²) in [6, 6.07) is 8.70. The molecule has 0 amide bonds. The van der Waals surface area contributed by atoms with Crippen LogP contribution in [-0.2, 0) is 4.79 Å². The van der Waals surface area contributed by atoms with Crippen molar-refractivity contribution in [2.24, 2.45) is 0 Å². The van der Waals surface area contributed by atoms with Crippen molar-refractivity contribution in [3.05, 3.63) is 29.8 Å². The molecule has 0 aromatic heterocycles. The molecular formula is C19H30N2O3. The Morgan fingerprint density at radius 3 is 2.67 bits per heavy atom. The van der Waals surface area contributed by atoms with Crippen molar-refractivity contribution >= 4 is 5.97 Å². The number of hydrogen-bond acceptors (Lipinski definition) is 4. The minimum absolute atomic E-state index is 0.132. The van der Waals surface area contributed by atoms with Gasteiger partial charge in [0.1, 0.15) is 5.75 Å². The second-order valence-corrected chi connectivity index (χ2v) is 6.87. The van der Waals surface area contributed by atoms with Gasteiger partial charge in [0.2, 0.25) is 0 Å². The highest BCUT2D eigenvalue weighted by atomic mass is 16.5. The van der Waals surface area contributed by atoms with Gasteiger partial charge in [-0.3, -0.25) is 9.69 Å². The summed E-state index contributed by atoms with van der Waals surface area (Å²) >= 11 is 0. The molecular weight excluding hydrogens is 304 g/mol. The first-order valence-electron chi connectivity index (χ1n) is 8.78. The van der Waals surface area contributed by atoms with Crippen LogP contribution in [0.2, 0.25) is 0 Å². The van der Waals surface area contributed by atoms with Crippen LogP contribution in [0.3, 0.4) is 0 Å². The predicted molar refractivity (Wildman–Crippen MR) is 95.8 cm³/mol. The molecule has 1 aromatic rings. The fourth-order valence-electron chi connectivity index (χ4n) is 3.53. The van der Waals surface area contributed by atoms with Crippen molar-refractivity contribution in [1.82, 2.24) is 9.80 Å². The molecule has 2 rings (SSSR count). The first-order chi connectivity index (χ1) is 11.5. The van der Waals surface area contributed by atoms with Gasteiger partial charge < -0.3 is 14.7 Å². The minimum atomic E-state index is -0.744. The highest BCUT2D eigenvalue weighted by molar-refractivity contribution is 5.69. The van der Waals surface area contributed by atoms with E-state index in [2.05, 4.69) is 24.0 Å². The van der Waals surface area contributed by atoms with Gasteiger partial charge in [0.05, 0.1) is 13.7 Å². The summed E-state index contributed by atoms with van der Waals surface area (Å²) in [6.07, 6.45) is 3.25. The van der Waals surface area contributed by atoms with Crippen molar-refractivity contribution < 1.29 is 14.6 Å². The first kappa shape index (κ1) is 18.7. The maximum absolute atomic E-state index is 10.9. The number of carboxylic acid groups (broad SMARTS) is 1. The van der Waals surface area contributed by atoms with Crippen LogP contribution in [0.4, 0.5) is 0 Å². The zero-order chi connectivity index (χ0) is 17.5. The molecule has 0 spiro atoms. The molecule has 1 heterocycles. The average molecular weight is 334 g/mol. The monoisotopic (exact) mass is 334 g/mol. The maximum atomic E-state index is 10.9. The van der Waals surface area contributed by atoms with E-state index in [1.54, 1.807) is 7.11 Å². The Bertz CT molecular complexity index is 518.